The number of pyridine rings is 2. The summed E-state index contributed by atoms with van der Waals surface area (Å²) in [7, 11) is 0. The maximum absolute atomic E-state index is 5.50. The minimum atomic E-state index is 0.974. The molecular weight excluding hydrogens is 605 g/mol. The molecule has 0 aliphatic carbocycles. The van der Waals surface area contributed by atoms with Crippen LogP contribution in [-0.4, -0.2) is 9.97 Å². The number of nitrogens with zero attached hydrogens (tertiary/aromatic N) is 2. The van der Waals surface area contributed by atoms with Gasteiger partial charge >= 0.3 is 0 Å². The van der Waals surface area contributed by atoms with E-state index in [0.29, 0.717) is 0 Å². The first kappa shape index (κ1) is 28.4. The number of fused-ring (bicyclic) bond motifs is 6. The van der Waals surface area contributed by atoms with E-state index in [9.17, 15) is 0 Å². The first-order valence-electron chi connectivity index (χ1n) is 17.1. The van der Waals surface area contributed by atoms with Crippen molar-refractivity contribution < 1.29 is 0 Å². The Labute approximate surface area is 290 Å². The van der Waals surface area contributed by atoms with Crippen molar-refractivity contribution in [2.75, 3.05) is 0 Å². The van der Waals surface area contributed by atoms with Crippen molar-refractivity contribution in [1.29, 1.82) is 0 Å². The molecule has 0 atom stereocenters. The molecule has 0 saturated carbocycles. The molecule has 0 aliphatic heterocycles. The highest BCUT2D eigenvalue weighted by Gasteiger charge is 2.18. The summed E-state index contributed by atoms with van der Waals surface area (Å²) in [6, 6.07) is 65.1. The van der Waals surface area contributed by atoms with Gasteiger partial charge in [0.25, 0.3) is 0 Å². The van der Waals surface area contributed by atoms with Crippen LogP contribution in [0.4, 0.5) is 0 Å². The zero-order valence-corrected chi connectivity index (χ0v) is 27.2. The third kappa shape index (κ3) is 4.65. The Morgan fingerprint density at radius 2 is 0.860 bits per heavy atom. The van der Waals surface area contributed by atoms with E-state index < -0.39 is 0 Å². The molecule has 0 aliphatic rings. The zero-order valence-electron chi connectivity index (χ0n) is 27.2. The Morgan fingerprint density at radius 1 is 0.280 bits per heavy atom. The van der Waals surface area contributed by atoms with Gasteiger partial charge in [-0.2, -0.15) is 0 Å². The van der Waals surface area contributed by atoms with E-state index in [1.807, 2.05) is 6.07 Å². The highest BCUT2D eigenvalue weighted by molar-refractivity contribution is 6.18. The Morgan fingerprint density at radius 3 is 1.62 bits per heavy atom. The lowest BCUT2D eigenvalue weighted by atomic mass is 9.89. The monoisotopic (exact) mass is 634 g/mol. The van der Waals surface area contributed by atoms with E-state index in [1.165, 1.54) is 43.6 Å². The summed E-state index contributed by atoms with van der Waals surface area (Å²) in [5.74, 6) is 0. The number of hydrogen-bond donors (Lipinski definition) is 0. The first-order valence-corrected chi connectivity index (χ1v) is 17.1. The summed E-state index contributed by atoms with van der Waals surface area (Å²) < 4.78 is 0. The number of hydrogen-bond acceptors (Lipinski definition) is 2. The molecule has 0 spiro atoms. The van der Waals surface area contributed by atoms with Crippen LogP contribution < -0.4 is 0 Å². The van der Waals surface area contributed by atoms with Crippen LogP contribution in [-0.2, 0) is 0 Å². The predicted molar refractivity (Wildman–Crippen MR) is 211 cm³/mol. The van der Waals surface area contributed by atoms with Crippen LogP contribution >= 0.6 is 0 Å². The number of aromatic nitrogens is 2. The van der Waals surface area contributed by atoms with Gasteiger partial charge in [0.05, 0.1) is 22.4 Å². The first-order chi connectivity index (χ1) is 24.8. The number of rotatable bonds is 4. The second kappa shape index (κ2) is 11.5. The molecule has 0 unspecified atom stereocenters. The van der Waals surface area contributed by atoms with Gasteiger partial charge in [-0.1, -0.05) is 158 Å². The standard InChI is InChI=1S/C48H30N2/c1-4-16-36-31(11-1)14-9-20-38(36)43-30-47(40-21-10-15-32-12-2-5-17-37(32)40)50-48-41-19-7-6-18-39(41)42(29-44(43)48)33-23-25-35(26-24-33)46-28-27-34-13-3-8-22-45(34)49-46/h1-30H. The molecule has 10 aromatic rings. The summed E-state index contributed by atoms with van der Waals surface area (Å²) in [5, 5.41) is 9.48. The minimum absolute atomic E-state index is 0.974. The highest BCUT2D eigenvalue weighted by Crippen LogP contribution is 2.43. The van der Waals surface area contributed by atoms with Crippen LogP contribution in [0.1, 0.15) is 0 Å². The Bertz CT molecular complexity index is 2910. The average Bonchev–Trinajstić information content (AvgIpc) is 3.19. The van der Waals surface area contributed by atoms with Crippen molar-refractivity contribution in [2.24, 2.45) is 0 Å². The lowest BCUT2D eigenvalue weighted by Crippen LogP contribution is -1.94. The lowest BCUT2D eigenvalue weighted by molar-refractivity contribution is 1.40. The van der Waals surface area contributed by atoms with Gasteiger partial charge in [0.1, 0.15) is 0 Å². The van der Waals surface area contributed by atoms with Crippen LogP contribution in [0.3, 0.4) is 0 Å². The van der Waals surface area contributed by atoms with Gasteiger partial charge in [-0.3, -0.25) is 0 Å². The molecule has 2 heterocycles. The molecule has 2 aromatic heterocycles. The minimum Gasteiger partial charge on any atom is -0.248 e. The normalized spacial score (nSPS) is 11.6. The topological polar surface area (TPSA) is 25.8 Å². The zero-order chi connectivity index (χ0) is 33.0. The average molecular weight is 635 g/mol. The van der Waals surface area contributed by atoms with Gasteiger partial charge in [0.2, 0.25) is 0 Å². The molecule has 2 heteroatoms. The van der Waals surface area contributed by atoms with Crippen molar-refractivity contribution in [2.45, 2.75) is 0 Å². The maximum atomic E-state index is 5.50. The summed E-state index contributed by atoms with van der Waals surface area (Å²) in [6.07, 6.45) is 0. The molecule has 50 heavy (non-hydrogen) atoms. The third-order valence-electron chi connectivity index (χ3n) is 10.1. The van der Waals surface area contributed by atoms with Crippen LogP contribution in [0.15, 0.2) is 182 Å². The summed E-state index contributed by atoms with van der Waals surface area (Å²) in [4.78, 5) is 10.4. The molecule has 8 aromatic carbocycles. The van der Waals surface area contributed by atoms with Crippen LogP contribution in [0.5, 0.6) is 0 Å². The van der Waals surface area contributed by atoms with Gasteiger partial charge in [-0.05, 0) is 73.5 Å². The van der Waals surface area contributed by atoms with Crippen molar-refractivity contribution in [1.82, 2.24) is 9.97 Å². The smallest absolute Gasteiger partial charge is 0.0794 e. The van der Waals surface area contributed by atoms with Gasteiger partial charge in [0, 0.05) is 27.3 Å². The van der Waals surface area contributed by atoms with E-state index in [2.05, 4.69) is 176 Å². The van der Waals surface area contributed by atoms with E-state index in [-0.39, 0.29) is 0 Å². The SMILES string of the molecule is c1ccc2nc(-c3ccc(-c4cc5c(-c6cccc7ccccc67)cc(-c6cccc7ccccc67)nc5c5ccccc45)cc3)ccc2c1. The van der Waals surface area contributed by atoms with Crippen LogP contribution in [0.25, 0.3) is 98.9 Å². The molecule has 0 radical (unpaired) electrons. The number of para-hydroxylation sites is 1. The molecular formula is C48H30N2. The van der Waals surface area contributed by atoms with Gasteiger partial charge in [-0.25, -0.2) is 9.97 Å². The molecule has 2 nitrogen and oxygen atoms in total. The van der Waals surface area contributed by atoms with Crippen molar-refractivity contribution in [3.05, 3.63) is 182 Å². The molecule has 232 valence electrons. The Balaban J connectivity index is 1.23. The van der Waals surface area contributed by atoms with E-state index >= 15 is 0 Å². The maximum Gasteiger partial charge on any atom is 0.0794 e. The van der Waals surface area contributed by atoms with E-state index in [4.69, 9.17) is 9.97 Å². The molecule has 0 bridgehead atoms. The number of benzene rings is 8. The fourth-order valence-corrected chi connectivity index (χ4v) is 7.61. The largest absolute Gasteiger partial charge is 0.248 e. The quantitative estimate of drug-likeness (QED) is 0.180. The van der Waals surface area contributed by atoms with Gasteiger partial charge < -0.3 is 0 Å². The molecule has 0 saturated heterocycles. The van der Waals surface area contributed by atoms with Gasteiger partial charge in [-0.15, -0.1) is 0 Å². The Kier molecular flexibility index (Phi) is 6.53. The Hall–Kier alpha value is -6.64. The molecule has 10 rings (SSSR count). The highest BCUT2D eigenvalue weighted by atomic mass is 14.7. The third-order valence-corrected chi connectivity index (χ3v) is 10.1. The molecule has 0 fully saturated rings. The second-order valence-corrected chi connectivity index (χ2v) is 12.9. The summed E-state index contributed by atoms with van der Waals surface area (Å²) in [5.41, 5.74) is 10.9. The van der Waals surface area contributed by atoms with Crippen molar-refractivity contribution in [3.8, 4) is 44.8 Å². The van der Waals surface area contributed by atoms with E-state index in [0.717, 1.165) is 55.3 Å². The fraction of sp³-hybridized carbons (Fsp3) is 0. The van der Waals surface area contributed by atoms with Gasteiger partial charge in [0.15, 0.2) is 0 Å². The summed E-state index contributed by atoms with van der Waals surface area (Å²) in [6.45, 7) is 0. The molecule has 0 N–H and O–H groups in total. The predicted octanol–water partition coefficient (Wildman–Crippen LogP) is 12.9. The van der Waals surface area contributed by atoms with E-state index in [1.54, 1.807) is 0 Å². The molecule has 0 amide bonds. The second-order valence-electron chi connectivity index (χ2n) is 12.9. The fourth-order valence-electron chi connectivity index (χ4n) is 7.61. The van der Waals surface area contributed by atoms with Crippen molar-refractivity contribution in [3.63, 3.8) is 0 Å². The summed E-state index contributed by atoms with van der Waals surface area (Å²) >= 11 is 0. The lowest BCUT2D eigenvalue weighted by Gasteiger charge is -2.17. The van der Waals surface area contributed by atoms with Crippen LogP contribution in [0.2, 0.25) is 0 Å². The van der Waals surface area contributed by atoms with Crippen molar-refractivity contribution >= 4 is 54.1 Å². The van der Waals surface area contributed by atoms with Crippen LogP contribution in [0, 0.1) is 0 Å².